The van der Waals surface area contributed by atoms with Crippen LogP contribution in [0.25, 0.3) is 0 Å². The monoisotopic (exact) mass is 313 g/mol. The molecule has 6 nitrogen and oxygen atoms in total. The molecule has 0 radical (unpaired) electrons. The number of para-hydroxylation sites is 1. The maximum atomic E-state index is 11.8. The van der Waals surface area contributed by atoms with Gasteiger partial charge in [-0.2, -0.15) is 0 Å². The number of ether oxygens (including phenoxy) is 1. The number of benzene rings is 2. The Morgan fingerprint density at radius 2 is 1.61 bits per heavy atom. The van der Waals surface area contributed by atoms with Crippen LogP contribution in [0.1, 0.15) is 12.8 Å². The van der Waals surface area contributed by atoms with E-state index >= 15 is 0 Å². The Morgan fingerprint density at radius 3 is 2.22 bits per heavy atom. The van der Waals surface area contributed by atoms with Crippen LogP contribution in [-0.4, -0.2) is 17.9 Å². The largest absolute Gasteiger partial charge is 0.457 e. The maximum Gasteiger partial charge on any atom is 0.234 e. The lowest BCUT2D eigenvalue weighted by atomic mass is 10.1. The minimum absolute atomic E-state index is 0.131. The SMILES string of the molecule is NC(=O)C(N)CCC(=O)Nc1ccc(Oc2ccccc2)cc1. The number of carbonyl (C=O) groups excluding carboxylic acids is 2. The summed E-state index contributed by atoms with van der Waals surface area (Å²) in [6.45, 7) is 0. The Hall–Kier alpha value is -2.86. The molecule has 0 saturated carbocycles. The molecule has 2 rings (SSSR count). The maximum absolute atomic E-state index is 11.8. The first-order valence-electron chi connectivity index (χ1n) is 7.22. The van der Waals surface area contributed by atoms with Crippen molar-refractivity contribution in [1.29, 1.82) is 0 Å². The van der Waals surface area contributed by atoms with E-state index in [-0.39, 0.29) is 18.7 Å². The number of rotatable bonds is 7. The van der Waals surface area contributed by atoms with E-state index < -0.39 is 11.9 Å². The second-order valence-electron chi connectivity index (χ2n) is 5.04. The fourth-order valence-corrected chi connectivity index (χ4v) is 1.88. The number of hydrogen-bond donors (Lipinski definition) is 3. The number of hydrogen-bond acceptors (Lipinski definition) is 4. The van der Waals surface area contributed by atoms with Gasteiger partial charge in [-0.1, -0.05) is 18.2 Å². The van der Waals surface area contributed by atoms with Gasteiger partial charge in [0.15, 0.2) is 0 Å². The molecule has 0 fully saturated rings. The molecule has 2 aromatic carbocycles. The van der Waals surface area contributed by atoms with E-state index in [2.05, 4.69) is 5.32 Å². The smallest absolute Gasteiger partial charge is 0.234 e. The molecule has 5 N–H and O–H groups in total. The Kier molecular flexibility index (Phi) is 5.71. The molecular weight excluding hydrogens is 294 g/mol. The third kappa shape index (κ3) is 5.44. The first-order chi connectivity index (χ1) is 11.0. The molecular formula is C17H19N3O3. The molecule has 0 aromatic heterocycles. The quantitative estimate of drug-likeness (QED) is 0.726. The third-order valence-electron chi connectivity index (χ3n) is 3.16. The van der Waals surface area contributed by atoms with E-state index in [4.69, 9.17) is 16.2 Å². The molecule has 0 aliphatic rings. The average Bonchev–Trinajstić information content (AvgIpc) is 2.55. The average molecular weight is 313 g/mol. The molecule has 0 aliphatic carbocycles. The number of amides is 2. The van der Waals surface area contributed by atoms with Crippen LogP contribution in [0, 0.1) is 0 Å². The van der Waals surface area contributed by atoms with Crippen molar-refractivity contribution in [2.75, 3.05) is 5.32 Å². The minimum atomic E-state index is -0.803. The van der Waals surface area contributed by atoms with Crippen LogP contribution in [-0.2, 0) is 9.59 Å². The van der Waals surface area contributed by atoms with Gasteiger partial charge < -0.3 is 21.5 Å². The van der Waals surface area contributed by atoms with Crippen LogP contribution in [0.4, 0.5) is 5.69 Å². The second-order valence-corrected chi connectivity index (χ2v) is 5.04. The molecule has 0 spiro atoms. The summed E-state index contributed by atoms with van der Waals surface area (Å²) in [5, 5.41) is 2.73. The zero-order chi connectivity index (χ0) is 16.7. The Balaban J connectivity index is 1.85. The van der Waals surface area contributed by atoms with E-state index in [1.165, 1.54) is 0 Å². The van der Waals surface area contributed by atoms with E-state index in [1.54, 1.807) is 24.3 Å². The summed E-state index contributed by atoms with van der Waals surface area (Å²) in [5.41, 5.74) is 11.2. The number of primary amides is 1. The van der Waals surface area contributed by atoms with Gasteiger partial charge in [0, 0.05) is 12.1 Å². The highest BCUT2D eigenvalue weighted by atomic mass is 16.5. The number of anilines is 1. The van der Waals surface area contributed by atoms with Crippen LogP contribution >= 0.6 is 0 Å². The van der Waals surface area contributed by atoms with E-state index in [0.29, 0.717) is 11.4 Å². The van der Waals surface area contributed by atoms with Crippen LogP contribution < -0.4 is 21.5 Å². The normalized spacial score (nSPS) is 11.5. The standard InChI is InChI=1S/C17H19N3O3/c18-15(17(19)22)10-11-16(21)20-12-6-8-14(9-7-12)23-13-4-2-1-3-5-13/h1-9,15H,10-11,18H2,(H2,19,22)(H,20,21). The van der Waals surface area contributed by atoms with Crippen molar-refractivity contribution < 1.29 is 14.3 Å². The zero-order valence-corrected chi connectivity index (χ0v) is 12.6. The summed E-state index contributed by atoms with van der Waals surface area (Å²) >= 11 is 0. The Morgan fingerprint density at radius 1 is 1.00 bits per heavy atom. The van der Waals surface area contributed by atoms with Crippen LogP contribution in [0.2, 0.25) is 0 Å². The predicted molar refractivity (Wildman–Crippen MR) is 88.0 cm³/mol. The van der Waals surface area contributed by atoms with Crippen molar-refractivity contribution >= 4 is 17.5 Å². The predicted octanol–water partition coefficient (Wildman–Crippen LogP) is 2.01. The summed E-state index contributed by atoms with van der Waals surface area (Å²) in [5.74, 6) is 0.577. The topological polar surface area (TPSA) is 107 Å². The van der Waals surface area contributed by atoms with Gasteiger partial charge in [0.05, 0.1) is 6.04 Å². The summed E-state index contributed by atoms with van der Waals surface area (Å²) in [6.07, 6.45) is 0.350. The summed E-state index contributed by atoms with van der Waals surface area (Å²) in [6, 6.07) is 15.6. The fraction of sp³-hybridized carbons (Fsp3) is 0.176. The van der Waals surface area contributed by atoms with Gasteiger partial charge in [-0.3, -0.25) is 9.59 Å². The van der Waals surface area contributed by atoms with Crippen molar-refractivity contribution in [3.05, 3.63) is 54.6 Å². The summed E-state index contributed by atoms with van der Waals surface area (Å²) < 4.78 is 5.66. The number of carbonyl (C=O) groups is 2. The molecule has 2 aromatic rings. The lowest BCUT2D eigenvalue weighted by Crippen LogP contribution is -2.37. The van der Waals surface area contributed by atoms with Crippen LogP contribution in [0.15, 0.2) is 54.6 Å². The first kappa shape index (κ1) is 16.5. The molecule has 23 heavy (non-hydrogen) atoms. The first-order valence-corrected chi connectivity index (χ1v) is 7.22. The van der Waals surface area contributed by atoms with Crippen molar-refractivity contribution in [2.24, 2.45) is 11.5 Å². The van der Waals surface area contributed by atoms with Crippen molar-refractivity contribution in [1.82, 2.24) is 0 Å². The summed E-state index contributed by atoms with van der Waals surface area (Å²) in [7, 11) is 0. The van der Waals surface area contributed by atoms with Gasteiger partial charge in [0.25, 0.3) is 0 Å². The van der Waals surface area contributed by atoms with Crippen molar-refractivity contribution in [3.8, 4) is 11.5 Å². The lowest BCUT2D eigenvalue weighted by molar-refractivity contribution is -0.119. The lowest BCUT2D eigenvalue weighted by Gasteiger charge is -2.09. The van der Waals surface area contributed by atoms with Gasteiger partial charge in [-0.25, -0.2) is 0 Å². The minimum Gasteiger partial charge on any atom is -0.457 e. The zero-order valence-electron chi connectivity index (χ0n) is 12.6. The molecule has 1 atom stereocenters. The molecule has 6 heteroatoms. The Bertz CT molecular complexity index is 657. The molecule has 0 bridgehead atoms. The molecule has 120 valence electrons. The molecule has 1 unspecified atom stereocenters. The van der Waals surface area contributed by atoms with Crippen LogP contribution in [0.5, 0.6) is 11.5 Å². The van der Waals surface area contributed by atoms with Gasteiger partial charge in [0.1, 0.15) is 11.5 Å². The second kappa shape index (κ2) is 7.95. The number of nitrogens with one attached hydrogen (secondary N) is 1. The Labute approximate surface area is 134 Å². The van der Waals surface area contributed by atoms with Crippen LogP contribution in [0.3, 0.4) is 0 Å². The van der Waals surface area contributed by atoms with E-state index in [0.717, 1.165) is 5.75 Å². The molecule has 0 saturated heterocycles. The molecule has 2 amide bonds. The highest BCUT2D eigenvalue weighted by Gasteiger charge is 2.11. The highest BCUT2D eigenvalue weighted by molar-refractivity contribution is 5.91. The highest BCUT2D eigenvalue weighted by Crippen LogP contribution is 2.22. The summed E-state index contributed by atoms with van der Waals surface area (Å²) in [4.78, 5) is 22.6. The van der Waals surface area contributed by atoms with E-state index in [1.807, 2.05) is 30.3 Å². The molecule has 0 heterocycles. The van der Waals surface area contributed by atoms with Gasteiger partial charge in [-0.05, 0) is 42.8 Å². The van der Waals surface area contributed by atoms with Gasteiger partial charge >= 0.3 is 0 Å². The van der Waals surface area contributed by atoms with Crippen molar-refractivity contribution in [2.45, 2.75) is 18.9 Å². The third-order valence-corrected chi connectivity index (χ3v) is 3.16. The number of nitrogens with two attached hydrogens (primary N) is 2. The van der Waals surface area contributed by atoms with Gasteiger partial charge in [0.2, 0.25) is 11.8 Å². The van der Waals surface area contributed by atoms with Crippen molar-refractivity contribution in [3.63, 3.8) is 0 Å². The molecule has 0 aliphatic heterocycles. The van der Waals surface area contributed by atoms with Gasteiger partial charge in [-0.15, -0.1) is 0 Å². The van der Waals surface area contributed by atoms with E-state index in [9.17, 15) is 9.59 Å². The fourth-order valence-electron chi connectivity index (χ4n) is 1.88.